The van der Waals surface area contributed by atoms with Crippen LogP contribution in [0.2, 0.25) is 0 Å². The van der Waals surface area contributed by atoms with Gasteiger partial charge in [0.2, 0.25) is 0 Å². The van der Waals surface area contributed by atoms with Gasteiger partial charge in [-0.2, -0.15) is 0 Å². The first-order chi connectivity index (χ1) is 42.5. The summed E-state index contributed by atoms with van der Waals surface area (Å²) in [6, 6.07) is 118. The van der Waals surface area contributed by atoms with E-state index in [1.165, 1.54) is 128 Å². The minimum atomic E-state index is -0.699. The van der Waals surface area contributed by atoms with Crippen molar-refractivity contribution in [1.82, 2.24) is 0 Å². The normalized spacial score (nSPS) is 13.3. The molecule has 0 atom stereocenters. The summed E-state index contributed by atoms with van der Waals surface area (Å²) >= 11 is 0. The Morgan fingerprint density at radius 1 is 0.253 bits per heavy atom. The molecule has 0 spiro atoms. The number of fused-ring (bicyclic) bond motifs is 6. The van der Waals surface area contributed by atoms with E-state index in [9.17, 15) is 0 Å². The lowest BCUT2D eigenvalue weighted by molar-refractivity contribution is 0.590. The third kappa shape index (κ3) is 9.16. The first kappa shape index (κ1) is 53.4. The summed E-state index contributed by atoms with van der Waals surface area (Å²) < 4.78 is 0. The maximum absolute atomic E-state index is 2.52. The van der Waals surface area contributed by atoms with Crippen molar-refractivity contribution >= 4 is 17.1 Å². The zero-order valence-corrected chi connectivity index (χ0v) is 50.0. The quantitative estimate of drug-likeness (QED) is 0.125. The van der Waals surface area contributed by atoms with Crippen LogP contribution in [0.15, 0.2) is 315 Å². The van der Waals surface area contributed by atoms with Gasteiger partial charge in [0.15, 0.2) is 0 Å². The largest absolute Gasteiger partial charge is 0.310 e. The van der Waals surface area contributed by atoms with E-state index in [4.69, 9.17) is 0 Å². The Morgan fingerprint density at radius 2 is 0.667 bits per heavy atom. The summed E-state index contributed by atoms with van der Waals surface area (Å²) in [5, 5.41) is 0. The maximum atomic E-state index is 2.52. The van der Waals surface area contributed by atoms with Gasteiger partial charge in [-0.05, 0) is 182 Å². The number of hydrogen-bond donors (Lipinski definition) is 0. The summed E-state index contributed by atoms with van der Waals surface area (Å²) in [7, 11) is 0. The van der Waals surface area contributed by atoms with E-state index in [-0.39, 0.29) is 10.8 Å². The summed E-state index contributed by atoms with van der Waals surface area (Å²) in [4.78, 5) is 2.46. The summed E-state index contributed by atoms with van der Waals surface area (Å²) in [5.74, 6) is 0. The average molecular weight is 1110 g/mol. The second-order valence-corrected chi connectivity index (χ2v) is 25.2. The number of anilines is 3. The smallest absolute Gasteiger partial charge is 0.0714 e. The second kappa shape index (κ2) is 21.3. The molecule has 2 aliphatic carbocycles. The molecular weight excluding hydrogens is 1050 g/mol. The monoisotopic (exact) mass is 1110 g/mol. The van der Waals surface area contributed by atoms with E-state index >= 15 is 0 Å². The summed E-state index contributed by atoms with van der Waals surface area (Å²) in [6.45, 7) is 11.6. The highest BCUT2D eigenvalue weighted by molar-refractivity contribution is 6.03. The Bertz CT molecular complexity index is 4630. The van der Waals surface area contributed by atoms with Gasteiger partial charge in [0, 0.05) is 22.5 Å². The van der Waals surface area contributed by atoms with E-state index in [2.05, 4.69) is 355 Å². The van der Waals surface area contributed by atoms with Gasteiger partial charge in [-0.25, -0.2) is 0 Å². The van der Waals surface area contributed by atoms with Crippen molar-refractivity contribution in [3.8, 4) is 89.0 Å². The van der Waals surface area contributed by atoms with Gasteiger partial charge in [0.1, 0.15) is 0 Å². The minimum absolute atomic E-state index is 0.0190. The van der Waals surface area contributed by atoms with Crippen LogP contribution in [0, 0.1) is 0 Å². The van der Waals surface area contributed by atoms with Crippen molar-refractivity contribution in [3.63, 3.8) is 0 Å². The highest BCUT2D eigenvalue weighted by atomic mass is 15.1. The standard InChI is InChI=1S/C86H67N/c1-84(2,3)68-44-37-64(38-45-68)74-53-54-79-83(82(74)67-26-20-25-65(55-67)59-23-12-7-13-24-59)77-52-50-73(57-81(77)86(79,69-27-14-8-15-28-69)70-29-16-9-17-30-70)87(71-46-39-62(40-47-71)61-35-33-60(34-36-61)58-21-10-6-11-22-58)72-48-41-63(42-49-72)66-43-51-76-75-31-18-19-32-78(75)85(4,5)80(76)56-66/h6-57H,1-5H3. The lowest BCUT2D eigenvalue weighted by atomic mass is 9.67. The Labute approximate surface area is 513 Å². The average Bonchev–Trinajstić information content (AvgIpc) is 1.62. The predicted octanol–water partition coefficient (Wildman–Crippen LogP) is 23.1. The van der Waals surface area contributed by atoms with Crippen molar-refractivity contribution in [2.45, 2.75) is 50.9 Å². The van der Waals surface area contributed by atoms with Crippen LogP contribution in [0.3, 0.4) is 0 Å². The first-order valence-electron chi connectivity index (χ1n) is 30.6. The summed E-state index contributed by atoms with van der Waals surface area (Å²) in [5.41, 5.74) is 31.0. The maximum Gasteiger partial charge on any atom is 0.0714 e. The molecule has 0 heterocycles. The van der Waals surface area contributed by atoms with E-state index in [0.29, 0.717) is 0 Å². The molecule has 13 aromatic rings. The molecule has 0 aliphatic heterocycles. The third-order valence-corrected chi connectivity index (χ3v) is 18.8. The molecule has 2 aliphatic rings. The third-order valence-electron chi connectivity index (χ3n) is 18.8. The minimum Gasteiger partial charge on any atom is -0.310 e. The second-order valence-electron chi connectivity index (χ2n) is 25.2. The molecule has 0 fully saturated rings. The van der Waals surface area contributed by atoms with Crippen LogP contribution in [-0.4, -0.2) is 0 Å². The zero-order valence-electron chi connectivity index (χ0n) is 50.0. The summed E-state index contributed by atoms with van der Waals surface area (Å²) in [6.07, 6.45) is 0. The van der Waals surface area contributed by atoms with Gasteiger partial charge >= 0.3 is 0 Å². The Kier molecular flexibility index (Phi) is 13.1. The van der Waals surface area contributed by atoms with Gasteiger partial charge < -0.3 is 4.90 Å². The molecule has 0 saturated carbocycles. The highest BCUT2D eigenvalue weighted by Gasteiger charge is 2.48. The molecule has 416 valence electrons. The molecule has 1 heteroatoms. The fraction of sp³-hybridized carbons (Fsp3) is 0.0930. The van der Waals surface area contributed by atoms with Crippen molar-refractivity contribution in [3.05, 3.63) is 354 Å². The Morgan fingerprint density at radius 3 is 1.25 bits per heavy atom. The molecule has 0 N–H and O–H groups in total. The van der Waals surface area contributed by atoms with E-state index in [0.717, 1.165) is 17.1 Å². The van der Waals surface area contributed by atoms with Gasteiger partial charge in [-0.3, -0.25) is 0 Å². The van der Waals surface area contributed by atoms with Gasteiger partial charge in [0.25, 0.3) is 0 Å². The van der Waals surface area contributed by atoms with E-state index < -0.39 is 5.41 Å². The van der Waals surface area contributed by atoms with Gasteiger partial charge in [-0.1, -0.05) is 302 Å². The van der Waals surface area contributed by atoms with E-state index in [1.807, 2.05) is 0 Å². The molecule has 1 nitrogen and oxygen atoms in total. The fourth-order valence-corrected chi connectivity index (χ4v) is 14.3. The van der Waals surface area contributed by atoms with Gasteiger partial charge in [0.05, 0.1) is 5.41 Å². The van der Waals surface area contributed by atoms with Crippen LogP contribution in [0.4, 0.5) is 17.1 Å². The lowest BCUT2D eigenvalue weighted by Crippen LogP contribution is -2.28. The van der Waals surface area contributed by atoms with Crippen LogP contribution in [0.25, 0.3) is 89.0 Å². The predicted molar refractivity (Wildman–Crippen MR) is 367 cm³/mol. The molecule has 0 saturated heterocycles. The number of benzene rings is 13. The van der Waals surface area contributed by atoms with Crippen LogP contribution < -0.4 is 4.90 Å². The molecule has 0 radical (unpaired) electrons. The molecule has 0 amide bonds. The van der Waals surface area contributed by atoms with Gasteiger partial charge in [-0.15, -0.1) is 0 Å². The lowest BCUT2D eigenvalue weighted by Gasteiger charge is -2.35. The van der Waals surface area contributed by atoms with Crippen molar-refractivity contribution in [1.29, 1.82) is 0 Å². The highest BCUT2D eigenvalue weighted by Crippen LogP contribution is 2.61. The number of rotatable bonds is 11. The number of nitrogens with zero attached hydrogens (tertiary/aromatic N) is 1. The van der Waals surface area contributed by atoms with Crippen LogP contribution in [0.5, 0.6) is 0 Å². The number of hydrogen-bond acceptors (Lipinski definition) is 1. The Balaban J connectivity index is 0.938. The zero-order chi connectivity index (χ0) is 58.9. The van der Waals surface area contributed by atoms with Crippen LogP contribution >= 0.6 is 0 Å². The van der Waals surface area contributed by atoms with Crippen molar-refractivity contribution in [2.24, 2.45) is 0 Å². The molecule has 0 bridgehead atoms. The Hall–Kier alpha value is -10.3. The molecule has 15 rings (SSSR count). The van der Waals surface area contributed by atoms with Crippen LogP contribution in [-0.2, 0) is 16.2 Å². The fourth-order valence-electron chi connectivity index (χ4n) is 14.3. The molecule has 87 heavy (non-hydrogen) atoms. The molecular formula is C86H67N. The molecule has 0 aromatic heterocycles. The molecule has 13 aromatic carbocycles. The van der Waals surface area contributed by atoms with Crippen LogP contribution in [0.1, 0.15) is 73.6 Å². The van der Waals surface area contributed by atoms with E-state index in [1.54, 1.807) is 0 Å². The molecule has 0 unspecified atom stereocenters. The topological polar surface area (TPSA) is 3.24 Å². The first-order valence-corrected chi connectivity index (χ1v) is 30.6. The van der Waals surface area contributed by atoms with Crippen molar-refractivity contribution in [2.75, 3.05) is 4.90 Å². The SMILES string of the molecule is CC(C)(C)c1ccc(-c2ccc3c(c2-c2cccc(-c4ccccc4)c2)-c2ccc(N(c4ccc(-c5ccc(-c6ccccc6)cc5)cc4)c4ccc(-c5ccc6c(c5)C(C)(C)c5ccccc5-6)cc4)cc2C3(c2ccccc2)c2ccccc2)cc1. The van der Waals surface area contributed by atoms with Crippen molar-refractivity contribution < 1.29 is 0 Å².